The second-order valence-corrected chi connectivity index (χ2v) is 3.28. The zero-order chi connectivity index (χ0) is 10.1. The van der Waals surface area contributed by atoms with E-state index in [9.17, 15) is 4.79 Å². The summed E-state index contributed by atoms with van der Waals surface area (Å²) in [7, 11) is 0. The van der Waals surface area contributed by atoms with E-state index >= 15 is 0 Å². The minimum atomic E-state index is -0.746. The smallest absolute Gasteiger partial charge is 0.331 e. The van der Waals surface area contributed by atoms with Gasteiger partial charge in [0, 0.05) is 5.57 Å². The predicted molar refractivity (Wildman–Crippen MR) is 54.8 cm³/mol. The molecule has 13 heavy (non-hydrogen) atoms. The second-order valence-electron chi connectivity index (χ2n) is 3.28. The molecule has 0 unspecified atom stereocenters. The summed E-state index contributed by atoms with van der Waals surface area (Å²) in [6, 6.07) is 0. The van der Waals surface area contributed by atoms with Gasteiger partial charge in [-0.3, -0.25) is 0 Å². The normalized spacial score (nSPS) is 11.7. The van der Waals surface area contributed by atoms with Crippen molar-refractivity contribution in [1.29, 1.82) is 0 Å². The van der Waals surface area contributed by atoms with E-state index in [1.165, 1.54) is 0 Å². The summed E-state index contributed by atoms with van der Waals surface area (Å²) in [4.78, 5) is 10.7. The Morgan fingerprint density at radius 2 is 1.92 bits per heavy atom. The zero-order valence-corrected chi connectivity index (χ0v) is 8.68. The van der Waals surface area contributed by atoms with E-state index in [1.807, 2.05) is 6.08 Å². The van der Waals surface area contributed by atoms with E-state index in [-0.39, 0.29) is 0 Å². The van der Waals surface area contributed by atoms with Crippen molar-refractivity contribution < 1.29 is 9.90 Å². The summed E-state index contributed by atoms with van der Waals surface area (Å²) >= 11 is 0. The SMILES string of the molecule is CCCC=C(CCCCC)C(=O)O. The van der Waals surface area contributed by atoms with Crippen molar-refractivity contribution in [3.63, 3.8) is 0 Å². The largest absolute Gasteiger partial charge is 0.478 e. The number of carboxylic acids is 1. The average Bonchev–Trinajstić information content (AvgIpc) is 2.10. The Bertz CT molecular complexity index is 171. The van der Waals surface area contributed by atoms with Gasteiger partial charge in [0.2, 0.25) is 0 Å². The number of carbonyl (C=O) groups is 1. The first-order valence-corrected chi connectivity index (χ1v) is 5.14. The van der Waals surface area contributed by atoms with Crippen molar-refractivity contribution >= 4 is 5.97 Å². The fourth-order valence-corrected chi connectivity index (χ4v) is 1.18. The molecule has 0 spiro atoms. The first kappa shape index (κ1) is 12.2. The van der Waals surface area contributed by atoms with Crippen molar-refractivity contribution in [3.8, 4) is 0 Å². The Balaban J connectivity index is 3.87. The number of carboxylic acid groups (broad SMARTS) is 1. The molecule has 76 valence electrons. The third kappa shape index (κ3) is 6.38. The molecule has 0 atom stereocenters. The van der Waals surface area contributed by atoms with Gasteiger partial charge in [-0.2, -0.15) is 0 Å². The fraction of sp³-hybridized carbons (Fsp3) is 0.727. The summed E-state index contributed by atoms with van der Waals surface area (Å²) in [6.45, 7) is 4.18. The van der Waals surface area contributed by atoms with Gasteiger partial charge in [0.15, 0.2) is 0 Å². The quantitative estimate of drug-likeness (QED) is 0.486. The highest BCUT2D eigenvalue weighted by Crippen LogP contribution is 2.10. The first-order valence-electron chi connectivity index (χ1n) is 5.14. The Labute approximate surface area is 80.7 Å². The molecule has 0 aliphatic carbocycles. The van der Waals surface area contributed by atoms with E-state index in [0.717, 1.165) is 38.5 Å². The fourth-order valence-electron chi connectivity index (χ4n) is 1.18. The molecule has 0 aromatic heterocycles. The third-order valence-electron chi connectivity index (χ3n) is 2.00. The zero-order valence-electron chi connectivity index (χ0n) is 8.68. The van der Waals surface area contributed by atoms with Crippen LogP contribution in [-0.2, 0) is 4.79 Å². The van der Waals surface area contributed by atoms with Gasteiger partial charge in [0.25, 0.3) is 0 Å². The van der Waals surface area contributed by atoms with Gasteiger partial charge in [-0.25, -0.2) is 4.79 Å². The Morgan fingerprint density at radius 1 is 1.23 bits per heavy atom. The Morgan fingerprint density at radius 3 is 2.38 bits per heavy atom. The summed E-state index contributed by atoms with van der Waals surface area (Å²) < 4.78 is 0. The number of allylic oxidation sites excluding steroid dienone is 1. The molecule has 0 aromatic rings. The molecular formula is C11H20O2. The van der Waals surface area contributed by atoms with Gasteiger partial charge in [0.05, 0.1) is 0 Å². The number of rotatable bonds is 7. The van der Waals surface area contributed by atoms with Gasteiger partial charge in [-0.05, 0) is 19.3 Å². The topological polar surface area (TPSA) is 37.3 Å². The van der Waals surface area contributed by atoms with Crippen LogP contribution in [0.4, 0.5) is 0 Å². The molecule has 0 heterocycles. The lowest BCUT2D eigenvalue weighted by Gasteiger charge is -2.01. The van der Waals surface area contributed by atoms with Crippen LogP contribution >= 0.6 is 0 Å². The van der Waals surface area contributed by atoms with Crippen LogP contribution < -0.4 is 0 Å². The molecular weight excluding hydrogens is 164 g/mol. The maximum absolute atomic E-state index is 10.7. The van der Waals surface area contributed by atoms with Gasteiger partial charge in [-0.1, -0.05) is 39.2 Å². The molecule has 0 bridgehead atoms. The standard InChI is InChI=1S/C11H20O2/c1-3-5-7-9-10(11(12)13)8-6-4-2/h8H,3-7,9H2,1-2H3,(H,12,13). The van der Waals surface area contributed by atoms with Crippen LogP contribution in [0.2, 0.25) is 0 Å². The van der Waals surface area contributed by atoms with E-state index in [2.05, 4.69) is 13.8 Å². The number of aliphatic carboxylic acids is 1. The monoisotopic (exact) mass is 184 g/mol. The van der Waals surface area contributed by atoms with Crippen molar-refractivity contribution in [2.24, 2.45) is 0 Å². The van der Waals surface area contributed by atoms with Gasteiger partial charge < -0.3 is 5.11 Å². The number of unbranched alkanes of at least 4 members (excludes halogenated alkanes) is 3. The minimum Gasteiger partial charge on any atom is -0.478 e. The maximum atomic E-state index is 10.7. The minimum absolute atomic E-state index is 0.593. The van der Waals surface area contributed by atoms with Crippen LogP contribution in [0.1, 0.15) is 52.4 Å². The van der Waals surface area contributed by atoms with Crippen LogP contribution in [0.15, 0.2) is 11.6 Å². The Kier molecular flexibility index (Phi) is 7.36. The van der Waals surface area contributed by atoms with E-state index in [4.69, 9.17) is 5.11 Å². The van der Waals surface area contributed by atoms with Gasteiger partial charge in [-0.15, -0.1) is 0 Å². The lowest BCUT2D eigenvalue weighted by molar-refractivity contribution is -0.132. The molecule has 0 aromatic carbocycles. The Hall–Kier alpha value is -0.790. The molecule has 2 nitrogen and oxygen atoms in total. The van der Waals surface area contributed by atoms with Crippen molar-refractivity contribution in [1.82, 2.24) is 0 Å². The van der Waals surface area contributed by atoms with Crippen LogP contribution in [0.5, 0.6) is 0 Å². The molecule has 0 amide bonds. The second kappa shape index (κ2) is 7.84. The van der Waals surface area contributed by atoms with Gasteiger partial charge in [0.1, 0.15) is 0 Å². The van der Waals surface area contributed by atoms with Crippen molar-refractivity contribution in [2.45, 2.75) is 52.4 Å². The van der Waals surface area contributed by atoms with Crippen LogP contribution in [-0.4, -0.2) is 11.1 Å². The van der Waals surface area contributed by atoms with Crippen LogP contribution in [0.3, 0.4) is 0 Å². The molecule has 0 aliphatic heterocycles. The molecule has 0 saturated carbocycles. The first-order chi connectivity index (χ1) is 6.22. The molecule has 2 heteroatoms. The lowest BCUT2D eigenvalue weighted by atomic mass is 10.1. The van der Waals surface area contributed by atoms with Crippen molar-refractivity contribution in [3.05, 3.63) is 11.6 Å². The molecule has 0 fully saturated rings. The lowest BCUT2D eigenvalue weighted by Crippen LogP contribution is -2.00. The summed E-state index contributed by atoms with van der Waals surface area (Å²) in [5.41, 5.74) is 0.593. The number of hydrogen-bond acceptors (Lipinski definition) is 1. The third-order valence-corrected chi connectivity index (χ3v) is 2.00. The van der Waals surface area contributed by atoms with Crippen molar-refractivity contribution in [2.75, 3.05) is 0 Å². The molecule has 0 aliphatic rings. The van der Waals surface area contributed by atoms with Crippen LogP contribution in [0.25, 0.3) is 0 Å². The van der Waals surface area contributed by atoms with E-state index in [1.54, 1.807) is 0 Å². The summed E-state index contributed by atoms with van der Waals surface area (Å²) in [5, 5.41) is 8.83. The van der Waals surface area contributed by atoms with Crippen LogP contribution in [0, 0.1) is 0 Å². The van der Waals surface area contributed by atoms with E-state index in [0.29, 0.717) is 5.57 Å². The summed E-state index contributed by atoms with van der Waals surface area (Å²) in [6.07, 6.45) is 7.75. The number of hydrogen-bond donors (Lipinski definition) is 1. The molecule has 0 saturated heterocycles. The van der Waals surface area contributed by atoms with Gasteiger partial charge >= 0.3 is 5.97 Å². The maximum Gasteiger partial charge on any atom is 0.331 e. The highest BCUT2D eigenvalue weighted by atomic mass is 16.4. The molecule has 0 rings (SSSR count). The molecule has 0 radical (unpaired) electrons. The highest BCUT2D eigenvalue weighted by Gasteiger charge is 2.05. The molecule has 1 N–H and O–H groups in total. The average molecular weight is 184 g/mol. The summed E-state index contributed by atoms with van der Waals surface area (Å²) in [5.74, 6) is -0.746. The van der Waals surface area contributed by atoms with E-state index < -0.39 is 5.97 Å². The predicted octanol–water partition coefficient (Wildman–Crippen LogP) is 3.38. The highest BCUT2D eigenvalue weighted by molar-refractivity contribution is 5.86.